The standard InChI is InChI=1S/C19H16F3N3S/c1-2-13-7-6-8-14(11-13)24-18-23-12-16(19(20,21)22)17(25-18)26-15-9-4-3-5-10-15/h3-12H,2H2,1H3,(H,23,24,25). The number of rotatable bonds is 5. The second-order valence-electron chi connectivity index (χ2n) is 5.50. The zero-order chi connectivity index (χ0) is 18.6. The Balaban J connectivity index is 1.93. The summed E-state index contributed by atoms with van der Waals surface area (Å²) in [6.07, 6.45) is -2.83. The Kier molecular flexibility index (Phi) is 5.46. The molecule has 0 saturated carbocycles. The summed E-state index contributed by atoms with van der Waals surface area (Å²) in [6, 6.07) is 16.4. The summed E-state index contributed by atoms with van der Waals surface area (Å²) in [6.45, 7) is 2.03. The number of nitrogens with one attached hydrogen (secondary N) is 1. The van der Waals surface area contributed by atoms with Crippen LogP contribution in [0.25, 0.3) is 0 Å². The lowest BCUT2D eigenvalue weighted by atomic mass is 10.1. The Morgan fingerprint density at radius 3 is 2.50 bits per heavy atom. The topological polar surface area (TPSA) is 37.8 Å². The number of aryl methyl sites for hydroxylation is 1. The molecule has 1 aromatic heterocycles. The summed E-state index contributed by atoms with van der Waals surface area (Å²) in [5, 5.41) is 2.85. The van der Waals surface area contributed by atoms with Crippen molar-refractivity contribution in [3.05, 3.63) is 71.9 Å². The van der Waals surface area contributed by atoms with E-state index >= 15 is 0 Å². The molecule has 0 unspecified atom stereocenters. The molecule has 0 fully saturated rings. The lowest BCUT2D eigenvalue weighted by molar-refractivity contribution is -0.140. The molecule has 0 aliphatic rings. The maximum absolute atomic E-state index is 13.3. The molecule has 3 rings (SSSR count). The normalized spacial score (nSPS) is 11.4. The summed E-state index contributed by atoms with van der Waals surface area (Å²) < 4.78 is 39.9. The summed E-state index contributed by atoms with van der Waals surface area (Å²) in [5.41, 5.74) is 1.000. The summed E-state index contributed by atoms with van der Waals surface area (Å²) in [7, 11) is 0. The molecule has 7 heteroatoms. The van der Waals surface area contributed by atoms with Crippen molar-refractivity contribution in [3.8, 4) is 0 Å². The molecule has 134 valence electrons. The van der Waals surface area contributed by atoms with Gasteiger partial charge < -0.3 is 5.32 Å². The van der Waals surface area contributed by atoms with Gasteiger partial charge in [-0.05, 0) is 36.2 Å². The van der Waals surface area contributed by atoms with Crippen molar-refractivity contribution >= 4 is 23.4 Å². The first kappa shape index (κ1) is 18.3. The molecule has 3 aromatic rings. The largest absolute Gasteiger partial charge is 0.420 e. The molecule has 2 aromatic carbocycles. The van der Waals surface area contributed by atoms with Crippen molar-refractivity contribution in [2.45, 2.75) is 29.4 Å². The number of nitrogens with zero attached hydrogens (tertiary/aromatic N) is 2. The van der Waals surface area contributed by atoms with Gasteiger partial charge in [0.25, 0.3) is 0 Å². The highest BCUT2D eigenvalue weighted by Crippen LogP contribution is 2.38. The molecule has 1 N–H and O–H groups in total. The van der Waals surface area contributed by atoms with Gasteiger partial charge in [-0.2, -0.15) is 13.2 Å². The van der Waals surface area contributed by atoms with Crippen LogP contribution in [0.4, 0.5) is 24.8 Å². The van der Waals surface area contributed by atoms with E-state index in [0.717, 1.165) is 35.6 Å². The highest BCUT2D eigenvalue weighted by molar-refractivity contribution is 7.99. The Bertz CT molecular complexity index is 883. The number of hydrogen-bond acceptors (Lipinski definition) is 4. The van der Waals surface area contributed by atoms with E-state index in [4.69, 9.17) is 0 Å². The van der Waals surface area contributed by atoms with Crippen LogP contribution >= 0.6 is 11.8 Å². The van der Waals surface area contributed by atoms with E-state index in [1.165, 1.54) is 0 Å². The van der Waals surface area contributed by atoms with Gasteiger partial charge in [0, 0.05) is 16.8 Å². The number of aromatic nitrogens is 2. The van der Waals surface area contributed by atoms with Gasteiger partial charge in [-0.25, -0.2) is 9.97 Å². The highest BCUT2D eigenvalue weighted by atomic mass is 32.2. The maximum Gasteiger partial charge on any atom is 0.420 e. The van der Waals surface area contributed by atoms with Crippen LogP contribution in [0.1, 0.15) is 18.1 Å². The van der Waals surface area contributed by atoms with Crippen LogP contribution < -0.4 is 5.32 Å². The number of benzene rings is 2. The van der Waals surface area contributed by atoms with E-state index in [9.17, 15) is 13.2 Å². The number of alkyl halides is 3. The molecule has 26 heavy (non-hydrogen) atoms. The summed E-state index contributed by atoms with van der Waals surface area (Å²) in [4.78, 5) is 8.63. The minimum Gasteiger partial charge on any atom is -0.324 e. The molecular weight excluding hydrogens is 359 g/mol. The van der Waals surface area contributed by atoms with Crippen LogP contribution in [0.15, 0.2) is 70.7 Å². The smallest absolute Gasteiger partial charge is 0.324 e. The molecule has 0 aliphatic heterocycles. The molecule has 0 atom stereocenters. The van der Waals surface area contributed by atoms with Gasteiger partial charge in [-0.15, -0.1) is 0 Å². The van der Waals surface area contributed by atoms with Gasteiger partial charge >= 0.3 is 6.18 Å². The lowest BCUT2D eigenvalue weighted by Gasteiger charge is -2.13. The SMILES string of the molecule is CCc1cccc(Nc2ncc(C(F)(F)F)c(Sc3ccccc3)n2)c1. The minimum atomic E-state index is -4.52. The minimum absolute atomic E-state index is 0.129. The number of halogens is 3. The van der Waals surface area contributed by atoms with Crippen LogP contribution in [0.5, 0.6) is 0 Å². The predicted molar refractivity (Wildman–Crippen MR) is 96.7 cm³/mol. The Hall–Kier alpha value is -2.54. The average Bonchev–Trinajstić information content (AvgIpc) is 2.62. The fraction of sp³-hybridized carbons (Fsp3) is 0.158. The summed E-state index contributed by atoms with van der Waals surface area (Å²) >= 11 is 0.962. The van der Waals surface area contributed by atoms with Crippen molar-refractivity contribution in [1.29, 1.82) is 0 Å². The lowest BCUT2D eigenvalue weighted by Crippen LogP contribution is -2.10. The second kappa shape index (κ2) is 7.78. The first-order chi connectivity index (χ1) is 12.5. The first-order valence-electron chi connectivity index (χ1n) is 7.99. The van der Waals surface area contributed by atoms with Crippen molar-refractivity contribution in [3.63, 3.8) is 0 Å². The van der Waals surface area contributed by atoms with Gasteiger partial charge in [-0.3, -0.25) is 0 Å². The van der Waals surface area contributed by atoms with Gasteiger partial charge in [-0.1, -0.05) is 49.0 Å². The van der Waals surface area contributed by atoms with E-state index in [2.05, 4.69) is 15.3 Å². The van der Waals surface area contributed by atoms with Crippen molar-refractivity contribution in [2.75, 3.05) is 5.32 Å². The molecule has 0 radical (unpaired) electrons. The quantitative estimate of drug-likeness (QED) is 0.559. The zero-order valence-electron chi connectivity index (χ0n) is 13.9. The third-order valence-corrected chi connectivity index (χ3v) is 4.62. The molecule has 1 heterocycles. The maximum atomic E-state index is 13.3. The van der Waals surface area contributed by atoms with Crippen molar-refractivity contribution in [1.82, 2.24) is 9.97 Å². The Morgan fingerprint density at radius 1 is 1.04 bits per heavy atom. The predicted octanol–water partition coefficient (Wildman–Crippen LogP) is 5.95. The van der Waals surface area contributed by atoms with Gasteiger partial charge in [0.2, 0.25) is 5.95 Å². The molecule has 0 saturated heterocycles. The molecular formula is C19H16F3N3S. The molecule has 0 bridgehead atoms. The number of hydrogen-bond donors (Lipinski definition) is 1. The molecule has 0 amide bonds. The monoisotopic (exact) mass is 375 g/mol. The molecule has 0 spiro atoms. The van der Waals surface area contributed by atoms with Crippen LogP contribution in [-0.2, 0) is 12.6 Å². The van der Waals surface area contributed by atoms with Crippen LogP contribution in [0.2, 0.25) is 0 Å². The fourth-order valence-electron chi connectivity index (χ4n) is 2.30. The Morgan fingerprint density at radius 2 is 1.81 bits per heavy atom. The van der Waals surface area contributed by atoms with Crippen molar-refractivity contribution < 1.29 is 13.2 Å². The number of anilines is 2. The third kappa shape index (κ3) is 4.54. The first-order valence-corrected chi connectivity index (χ1v) is 8.80. The van der Waals surface area contributed by atoms with Crippen molar-refractivity contribution in [2.24, 2.45) is 0 Å². The molecule has 3 nitrogen and oxygen atoms in total. The second-order valence-corrected chi connectivity index (χ2v) is 6.57. The average molecular weight is 375 g/mol. The van der Waals surface area contributed by atoms with Crippen LogP contribution in [-0.4, -0.2) is 9.97 Å². The highest BCUT2D eigenvalue weighted by Gasteiger charge is 2.35. The fourth-order valence-corrected chi connectivity index (χ4v) is 3.22. The zero-order valence-corrected chi connectivity index (χ0v) is 14.7. The van der Waals surface area contributed by atoms with E-state index in [1.54, 1.807) is 24.3 Å². The van der Waals surface area contributed by atoms with Crippen LogP contribution in [0.3, 0.4) is 0 Å². The van der Waals surface area contributed by atoms with E-state index in [1.807, 2.05) is 37.3 Å². The van der Waals surface area contributed by atoms with E-state index < -0.39 is 11.7 Å². The molecule has 0 aliphatic carbocycles. The van der Waals surface area contributed by atoms with Gasteiger partial charge in [0.1, 0.15) is 10.6 Å². The van der Waals surface area contributed by atoms with Gasteiger partial charge in [0.15, 0.2) is 0 Å². The Labute approximate surface area is 153 Å². The van der Waals surface area contributed by atoms with E-state index in [-0.39, 0.29) is 11.0 Å². The third-order valence-electron chi connectivity index (χ3n) is 3.61. The van der Waals surface area contributed by atoms with Crippen LogP contribution in [0, 0.1) is 0 Å². The summed E-state index contributed by atoms with van der Waals surface area (Å²) in [5.74, 6) is 0.129. The van der Waals surface area contributed by atoms with E-state index in [0.29, 0.717) is 4.90 Å². The van der Waals surface area contributed by atoms with Gasteiger partial charge in [0.05, 0.1) is 0 Å².